The first kappa shape index (κ1) is 8.85. The summed E-state index contributed by atoms with van der Waals surface area (Å²) >= 11 is 1.31. The van der Waals surface area contributed by atoms with Crippen LogP contribution in [0, 0.1) is 18.3 Å². The highest BCUT2D eigenvalue weighted by molar-refractivity contribution is 7.15. The van der Waals surface area contributed by atoms with Gasteiger partial charge in [0.25, 0.3) is 0 Å². The van der Waals surface area contributed by atoms with Crippen LogP contribution < -0.4 is 0 Å². The minimum absolute atomic E-state index is 0.403. The monoisotopic (exact) mass is 201 g/mol. The van der Waals surface area contributed by atoms with Gasteiger partial charge in [-0.15, -0.1) is 10.2 Å². The number of rotatable bonds is 1. The summed E-state index contributed by atoms with van der Waals surface area (Å²) in [6, 6.07) is 9.97. The van der Waals surface area contributed by atoms with E-state index < -0.39 is 0 Å². The van der Waals surface area contributed by atoms with E-state index in [1.165, 1.54) is 16.9 Å². The van der Waals surface area contributed by atoms with Gasteiger partial charge in [-0.25, -0.2) is 0 Å². The molecule has 0 fully saturated rings. The largest absolute Gasteiger partial charge is 0.218 e. The van der Waals surface area contributed by atoms with Crippen LogP contribution in [-0.4, -0.2) is 10.2 Å². The molecule has 4 heteroatoms. The van der Waals surface area contributed by atoms with Gasteiger partial charge in [0, 0.05) is 5.56 Å². The average Bonchev–Trinajstić information content (AvgIpc) is 2.67. The Bertz CT molecular complexity index is 479. The van der Waals surface area contributed by atoms with Crippen molar-refractivity contribution in [3.63, 3.8) is 0 Å². The number of nitriles is 1. The summed E-state index contributed by atoms with van der Waals surface area (Å²) in [5.41, 5.74) is 2.22. The molecule has 0 unspecified atom stereocenters. The Morgan fingerprint density at radius 2 is 1.93 bits per heavy atom. The predicted molar refractivity (Wildman–Crippen MR) is 54.8 cm³/mol. The topological polar surface area (TPSA) is 49.6 Å². The van der Waals surface area contributed by atoms with Crippen LogP contribution in [0.5, 0.6) is 0 Å². The summed E-state index contributed by atoms with van der Waals surface area (Å²) in [5.74, 6) is 0. The molecule has 0 saturated carbocycles. The Balaban J connectivity index is 2.40. The van der Waals surface area contributed by atoms with Crippen LogP contribution in [0.4, 0.5) is 0 Å². The third-order valence-electron chi connectivity index (χ3n) is 1.82. The number of benzene rings is 1. The van der Waals surface area contributed by atoms with Gasteiger partial charge >= 0.3 is 0 Å². The zero-order valence-corrected chi connectivity index (χ0v) is 8.38. The quantitative estimate of drug-likeness (QED) is 0.711. The van der Waals surface area contributed by atoms with Crippen molar-refractivity contribution in [2.24, 2.45) is 0 Å². The second-order valence-corrected chi connectivity index (χ2v) is 3.87. The Kier molecular flexibility index (Phi) is 2.25. The van der Waals surface area contributed by atoms with E-state index in [9.17, 15) is 0 Å². The molecule has 2 rings (SSSR count). The van der Waals surface area contributed by atoms with Crippen molar-refractivity contribution in [3.8, 4) is 16.6 Å². The van der Waals surface area contributed by atoms with Crippen molar-refractivity contribution in [3.05, 3.63) is 34.8 Å². The summed E-state index contributed by atoms with van der Waals surface area (Å²) in [6.07, 6.45) is 0. The second kappa shape index (κ2) is 3.56. The summed E-state index contributed by atoms with van der Waals surface area (Å²) in [7, 11) is 0. The molecule has 0 atom stereocenters. The van der Waals surface area contributed by atoms with Gasteiger partial charge in [-0.3, -0.25) is 0 Å². The van der Waals surface area contributed by atoms with Gasteiger partial charge in [0.05, 0.1) is 0 Å². The average molecular weight is 201 g/mol. The lowest BCUT2D eigenvalue weighted by Crippen LogP contribution is -1.77. The zero-order chi connectivity index (χ0) is 9.97. The number of aromatic nitrogens is 2. The Hall–Kier alpha value is -1.73. The summed E-state index contributed by atoms with van der Waals surface area (Å²) in [6.45, 7) is 2.03. The van der Waals surface area contributed by atoms with E-state index in [0.29, 0.717) is 5.01 Å². The first-order chi connectivity index (χ1) is 6.79. The standard InChI is InChI=1S/C10H7N3S/c1-7-2-4-8(5-3-7)10-13-12-9(6-11)14-10/h2-5H,1H3. The predicted octanol–water partition coefficient (Wildman–Crippen LogP) is 2.39. The van der Waals surface area contributed by atoms with Crippen LogP contribution in [0.25, 0.3) is 10.6 Å². The van der Waals surface area contributed by atoms with E-state index in [4.69, 9.17) is 5.26 Å². The molecule has 1 aromatic heterocycles. The first-order valence-electron chi connectivity index (χ1n) is 4.10. The van der Waals surface area contributed by atoms with Gasteiger partial charge < -0.3 is 0 Å². The third-order valence-corrected chi connectivity index (χ3v) is 2.70. The van der Waals surface area contributed by atoms with Crippen LogP contribution in [0.3, 0.4) is 0 Å². The molecule has 0 aliphatic carbocycles. The maximum atomic E-state index is 8.60. The third kappa shape index (κ3) is 1.63. The molecule has 0 aliphatic rings. The number of hydrogen-bond donors (Lipinski definition) is 0. The molecule has 14 heavy (non-hydrogen) atoms. The normalized spacial score (nSPS) is 9.71. The lowest BCUT2D eigenvalue weighted by molar-refractivity contribution is 1.08. The smallest absolute Gasteiger partial charge is 0.190 e. The fourth-order valence-corrected chi connectivity index (χ4v) is 1.73. The van der Waals surface area contributed by atoms with Gasteiger partial charge in [-0.05, 0) is 6.92 Å². The van der Waals surface area contributed by atoms with E-state index in [2.05, 4.69) is 10.2 Å². The second-order valence-electron chi connectivity index (χ2n) is 2.89. The zero-order valence-electron chi connectivity index (χ0n) is 7.56. The number of aryl methyl sites for hydroxylation is 1. The minimum atomic E-state index is 0.403. The molecule has 0 spiro atoms. The molecule has 1 heterocycles. The maximum absolute atomic E-state index is 8.60. The van der Waals surface area contributed by atoms with Crippen molar-refractivity contribution in [2.75, 3.05) is 0 Å². The van der Waals surface area contributed by atoms with Gasteiger partial charge in [-0.1, -0.05) is 41.2 Å². The molecule has 68 valence electrons. The molecule has 0 radical (unpaired) electrons. The van der Waals surface area contributed by atoms with Crippen molar-refractivity contribution < 1.29 is 0 Å². The Morgan fingerprint density at radius 1 is 1.21 bits per heavy atom. The van der Waals surface area contributed by atoms with E-state index >= 15 is 0 Å². The fourth-order valence-electron chi connectivity index (χ4n) is 1.08. The first-order valence-corrected chi connectivity index (χ1v) is 4.92. The molecule has 0 N–H and O–H groups in total. The molecule has 0 saturated heterocycles. The van der Waals surface area contributed by atoms with Crippen molar-refractivity contribution in [1.82, 2.24) is 10.2 Å². The van der Waals surface area contributed by atoms with E-state index in [-0.39, 0.29) is 0 Å². The van der Waals surface area contributed by atoms with Crippen LogP contribution in [0.15, 0.2) is 24.3 Å². The highest BCUT2D eigenvalue weighted by Crippen LogP contribution is 2.22. The van der Waals surface area contributed by atoms with Gasteiger partial charge in [0.15, 0.2) is 0 Å². The van der Waals surface area contributed by atoms with Crippen molar-refractivity contribution in [2.45, 2.75) is 6.92 Å². The summed E-state index contributed by atoms with van der Waals surface area (Å²) < 4.78 is 0. The van der Waals surface area contributed by atoms with Crippen molar-refractivity contribution in [1.29, 1.82) is 5.26 Å². The SMILES string of the molecule is Cc1ccc(-c2nnc(C#N)s2)cc1. The van der Waals surface area contributed by atoms with Gasteiger partial charge in [0.1, 0.15) is 11.1 Å². The molecule has 3 nitrogen and oxygen atoms in total. The number of nitrogens with zero attached hydrogens (tertiary/aromatic N) is 3. The maximum Gasteiger partial charge on any atom is 0.218 e. The van der Waals surface area contributed by atoms with Crippen molar-refractivity contribution >= 4 is 11.3 Å². The van der Waals surface area contributed by atoms with Gasteiger partial charge in [-0.2, -0.15) is 5.26 Å². The van der Waals surface area contributed by atoms with Gasteiger partial charge in [0.2, 0.25) is 5.01 Å². The highest BCUT2D eigenvalue weighted by atomic mass is 32.1. The summed E-state index contributed by atoms with van der Waals surface area (Å²) in [5, 5.41) is 17.5. The molecular weight excluding hydrogens is 194 g/mol. The molecule has 1 aromatic carbocycles. The van der Waals surface area contributed by atoms with Crippen LogP contribution in [0.2, 0.25) is 0 Å². The lowest BCUT2D eigenvalue weighted by atomic mass is 10.2. The molecular formula is C10H7N3S. The van der Waals surface area contributed by atoms with E-state index in [1.807, 2.05) is 37.3 Å². The molecule has 0 bridgehead atoms. The Labute approximate surface area is 85.7 Å². The van der Waals surface area contributed by atoms with Crippen LogP contribution >= 0.6 is 11.3 Å². The molecule has 2 aromatic rings. The number of hydrogen-bond acceptors (Lipinski definition) is 4. The van der Waals surface area contributed by atoms with Crippen LogP contribution in [-0.2, 0) is 0 Å². The summed E-state index contributed by atoms with van der Waals surface area (Å²) in [4.78, 5) is 0. The molecule has 0 aliphatic heterocycles. The lowest BCUT2D eigenvalue weighted by Gasteiger charge is -1.94. The molecule has 0 amide bonds. The minimum Gasteiger partial charge on any atom is -0.190 e. The Morgan fingerprint density at radius 3 is 2.50 bits per heavy atom. The van der Waals surface area contributed by atoms with E-state index in [0.717, 1.165) is 10.6 Å². The fraction of sp³-hybridized carbons (Fsp3) is 0.100. The highest BCUT2D eigenvalue weighted by Gasteiger charge is 2.04. The van der Waals surface area contributed by atoms with E-state index in [1.54, 1.807) is 0 Å². The van der Waals surface area contributed by atoms with Crippen LogP contribution in [0.1, 0.15) is 10.6 Å².